The standard InChI is InChI=1S/C21H24N2O3/c1-15(2)26-20-7-5-4-6-18(20)14-22-21(25)13-10-17-8-11-19(12-9-17)23-16(3)24/h4-13,15H,14H2,1-3H3,(H,22,25)(H,23,24). The number of ether oxygens (including phenoxy) is 1. The number of para-hydroxylation sites is 1. The summed E-state index contributed by atoms with van der Waals surface area (Å²) in [6.07, 6.45) is 3.29. The van der Waals surface area contributed by atoms with Crippen LogP contribution in [0.1, 0.15) is 31.9 Å². The first-order valence-corrected chi connectivity index (χ1v) is 8.52. The largest absolute Gasteiger partial charge is 0.491 e. The molecule has 2 aromatic rings. The fraction of sp³-hybridized carbons (Fsp3) is 0.238. The van der Waals surface area contributed by atoms with Crippen LogP contribution in [0.25, 0.3) is 6.08 Å². The fourth-order valence-corrected chi connectivity index (χ4v) is 2.31. The van der Waals surface area contributed by atoms with Gasteiger partial charge in [0.15, 0.2) is 0 Å². The molecule has 0 aliphatic rings. The van der Waals surface area contributed by atoms with Gasteiger partial charge in [0, 0.05) is 30.8 Å². The third-order valence-electron chi connectivity index (χ3n) is 3.45. The van der Waals surface area contributed by atoms with Crippen molar-refractivity contribution in [3.05, 3.63) is 65.7 Å². The summed E-state index contributed by atoms with van der Waals surface area (Å²) in [6, 6.07) is 14.9. The van der Waals surface area contributed by atoms with E-state index in [4.69, 9.17) is 4.74 Å². The number of carbonyl (C=O) groups is 2. The van der Waals surface area contributed by atoms with Crippen LogP contribution in [0, 0.1) is 0 Å². The highest BCUT2D eigenvalue weighted by molar-refractivity contribution is 5.92. The van der Waals surface area contributed by atoms with Crippen LogP contribution in [0.15, 0.2) is 54.6 Å². The Hall–Kier alpha value is -3.08. The van der Waals surface area contributed by atoms with Crippen molar-refractivity contribution in [3.63, 3.8) is 0 Å². The van der Waals surface area contributed by atoms with E-state index in [-0.39, 0.29) is 17.9 Å². The van der Waals surface area contributed by atoms with Gasteiger partial charge in [-0.15, -0.1) is 0 Å². The number of hydrogen-bond acceptors (Lipinski definition) is 3. The average molecular weight is 352 g/mol. The Balaban J connectivity index is 1.91. The summed E-state index contributed by atoms with van der Waals surface area (Å²) in [7, 11) is 0. The van der Waals surface area contributed by atoms with Gasteiger partial charge in [0.05, 0.1) is 6.10 Å². The van der Waals surface area contributed by atoms with E-state index < -0.39 is 0 Å². The molecule has 0 fully saturated rings. The van der Waals surface area contributed by atoms with Gasteiger partial charge in [-0.1, -0.05) is 30.3 Å². The van der Waals surface area contributed by atoms with E-state index >= 15 is 0 Å². The van der Waals surface area contributed by atoms with Crippen LogP contribution in [0.3, 0.4) is 0 Å². The Kier molecular flexibility index (Phi) is 6.97. The van der Waals surface area contributed by atoms with E-state index in [0.717, 1.165) is 22.6 Å². The maximum atomic E-state index is 12.0. The second kappa shape index (κ2) is 9.42. The zero-order valence-electron chi connectivity index (χ0n) is 15.3. The van der Waals surface area contributed by atoms with E-state index in [1.54, 1.807) is 18.2 Å². The number of hydrogen-bond donors (Lipinski definition) is 2. The molecule has 2 rings (SSSR count). The van der Waals surface area contributed by atoms with E-state index in [1.165, 1.54) is 13.0 Å². The Morgan fingerprint density at radius 2 is 1.77 bits per heavy atom. The molecule has 0 aliphatic heterocycles. The fourth-order valence-electron chi connectivity index (χ4n) is 2.31. The maximum absolute atomic E-state index is 12.0. The number of amides is 2. The van der Waals surface area contributed by atoms with Crippen molar-refractivity contribution in [1.82, 2.24) is 5.32 Å². The van der Waals surface area contributed by atoms with E-state index in [2.05, 4.69) is 10.6 Å². The Labute approximate surface area is 154 Å². The smallest absolute Gasteiger partial charge is 0.244 e. The van der Waals surface area contributed by atoms with Crippen molar-refractivity contribution >= 4 is 23.6 Å². The van der Waals surface area contributed by atoms with Crippen LogP contribution in [0.5, 0.6) is 5.75 Å². The monoisotopic (exact) mass is 352 g/mol. The van der Waals surface area contributed by atoms with Crippen LogP contribution in [0.4, 0.5) is 5.69 Å². The molecule has 5 heteroatoms. The molecule has 2 N–H and O–H groups in total. The van der Waals surface area contributed by atoms with Crippen molar-refractivity contribution in [2.45, 2.75) is 33.4 Å². The van der Waals surface area contributed by atoms with Crippen molar-refractivity contribution in [1.29, 1.82) is 0 Å². The molecular weight excluding hydrogens is 328 g/mol. The third-order valence-corrected chi connectivity index (χ3v) is 3.45. The van der Waals surface area contributed by atoms with Crippen molar-refractivity contribution in [2.75, 3.05) is 5.32 Å². The summed E-state index contributed by atoms with van der Waals surface area (Å²) in [5.41, 5.74) is 2.53. The molecule has 0 radical (unpaired) electrons. The minimum absolute atomic E-state index is 0.0761. The van der Waals surface area contributed by atoms with Crippen LogP contribution >= 0.6 is 0 Å². The van der Waals surface area contributed by atoms with Gasteiger partial charge in [-0.2, -0.15) is 0 Å². The summed E-state index contributed by atoms with van der Waals surface area (Å²) in [5, 5.41) is 5.56. The van der Waals surface area contributed by atoms with E-state index in [0.29, 0.717) is 6.54 Å². The molecule has 0 heterocycles. The summed E-state index contributed by atoms with van der Waals surface area (Å²) in [5.74, 6) is 0.477. The SMILES string of the molecule is CC(=O)Nc1ccc(C=CC(=O)NCc2ccccc2OC(C)C)cc1. The molecule has 0 unspecified atom stereocenters. The lowest BCUT2D eigenvalue weighted by atomic mass is 10.2. The molecular formula is C21H24N2O3. The average Bonchev–Trinajstić information content (AvgIpc) is 2.59. The molecule has 0 aliphatic carbocycles. The molecule has 2 amide bonds. The minimum Gasteiger partial charge on any atom is -0.491 e. The summed E-state index contributed by atoms with van der Waals surface area (Å²) in [6.45, 7) is 5.79. The first kappa shape index (κ1) is 19.2. The van der Waals surface area contributed by atoms with Crippen molar-refractivity contribution < 1.29 is 14.3 Å². The number of benzene rings is 2. The van der Waals surface area contributed by atoms with Gasteiger partial charge in [0.2, 0.25) is 11.8 Å². The number of carbonyl (C=O) groups excluding carboxylic acids is 2. The number of rotatable bonds is 7. The predicted octanol–water partition coefficient (Wildman–Crippen LogP) is 3.76. The molecule has 0 aromatic heterocycles. The molecule has 0 bridgehead atoms. The van der Waals surface area contributed by atoms with Crippen LogP contribution in [-0.2, 0) is 16.1 Å². The lowest BCUT2D eigenvalue weighted by Gasteiger charge is -2.14. The minimum atomic E-state index is -0.185. The summed E-state index contributed by atoms with van der Waals surface area (Å²) >= 11 is 0. The Morgan fingerprint density at radius 1 is 1.08 bits per heavy atom. The predicted molar refractivity (Wildman–Crippen MR) is 104 cm³/mol. The molecule has 136 valence electrons. The van der Waals surface area contributed by atoms with E-state index in [1.807, 2.05) is 50.2 Å². The van der Waals surface area contributed by atoms with Gasteiger partial charge in [-0.05, 0) is 43.7 Å². The Bertz CT molecular complexity index is 780. The highest BCUT2D eigenvalue weighted by atomic mass is 16.5. The zero-order valence-corrected chi connectivity index (χ0v) is 15.3. The molecule has 0 spiro atoms. The van der Waals surface area contributed by atoms with Gasteiger partial charge in [-0.25, -0.2) is 0 Å². The first-order valence-electron chi connectivity index (χ1n) is 8.52. The van der Waals surface area contributed by atoms with Crippen molar-refractivity contribution in [2.24, 2.45) is 0 Å². The Morgan fingerprint density at radius 3 is 2.42 bits per heavy atom. The van der Waals surface area contributed by atoms with Gasteiger partial charge in [0.1, 0.15) is 5.75 Å². The lowest BCUT2D eigenvalue weighted by molar-refractivity contribution is -0.116. The molecule has 0 atom stereocenters. The molecule has 5 nitrogen and oxygen atoms in total. The lowest BCUT2D eigenvalue weighted by Crippen LogP contribution is -2.21. The molecule has 26 heavy (non-hydrogen) atoms. The maximum Gasteiger partial charge on any atom is 0.244 e. The van der Waals surface area contributed by atoms with Gasteiger partial charge >= 0.3 is 0 Å². The summed E-state index contributed by atoms with van der Waals surface area (Å²) in [4.78, 5) is 23.0. The molecule has 2 aromatic carbocycles. The third kappa shape index (κ3) is 6.43. The van der Waals surface area contributed by atoms with Gasteiger partial charge < -0.3 is 15.4 Å². The van der Waals surface area contributed by atoms with Crippen LogP contribution < -0.4 is 15.4 Å². The van der Waals surface area contributed by atoms with Crippen molar-refractivity contribution in [3.8, 4) is 5.75 Å². The van der Waals surface area contributed by atoms with E-state index in [9.17, 15) is 9.59 Å². The first-order chi connectivity index (χ1) is 12.4. The number of nitrogens with one attached hydrogen (secondary N) is 2. The van der Waals surface area contributed by atoms with Crippen LogP contribution in [0.2, 0.25) is 0 Å². The quantitative estimate of drug-likeness (QED) is 0.746. The molecule has 0 saturated carbocycles. The van der Waals surface area contributed by atoms with Crippen LogP contribution in [-0.4, -0.2) is 17.9 Å². The van der Waals surface area contributed by atoms with Gasteiger partial charge in [0.25, 0.3) is 0 Å². The van der Waals surface area contributed by atoms with Gasteiger partial charge in [-0.3, -0.25) is 9.59 Å². The number of anilines is 1. The highest BCUT2D eigenvalue weighted by Gasteiger charge is 2.05. The summed E-state index contributed by atoms with van der Waals surface area (Å²) < 4.78 is 5.75. The molecule has 0 saturated heterocycles. The highest BCUT2D eigenvalue weighted by Crippen LogP contribution is 2.19. The normalized spacial score (nSPS) is 10.8. The zero-order chi connectivity index (χ0) is 18.9. The second-order valence-electron chi connectivity index (χ2n) is 6.13. The topological polar surface area (TPSA) is 67.4 Å². The second-order valence-corrected chi connectivity index (χ2v) is 6.13.